The Balaban J connectivity index is 1.72. The Morgan fingerprint density at radius 1 is 1.00 bits per heavy atom. The molecule has 0 saturated heterocycles. The Bertz CT molecular complexity index is 428. The van der Waals surface area contributed by atoms with Gasteiger partial charge in [0.05, 0.1) is 5.38 Å². The zero-order valence-corrected chi connectivity index (χ0v) is 13.1. The van der Waals surface area contributed by atoms with Gasteiger partial charge in [0.1, 0.15) is 0 Å². The molecule has 2 fully saturated rings. The van der Waals surface area contributed by atoms with Crippen LogP contribution in [0.15, 0.2) is 24.3 Å². The maximum atomic E-state index is 6.75. The van der Waals surface area contributed by atoms with Gasteiger partial charge in [-0.25, -0.2) is 0 Å². The lowest BCUT2D eigenvalue weighted by Gasteiger charge is -2.20. The molecule has 3 atom stereocenters. The van der Waals surface area contributed by atoms with Gasteiger partial charge in [-0.1, -0.05) is 57.9 Å². The molecule has 1 heteroatoms. The van der Waals surface area contributed by atoms with E-state index < -0.39 is 0 Å². The summed E-state index contributed by atoms with van der Waals surface area (Å²) in [5.41, 5.74) is 2.95. The van der Waals surface area contributed by atoms with Crippen molar-refractivity contribution in [3.8, 4) is 0 Å². The standard InChI is InChI=1S/C18H25Cl/c1-18(2,3)13-10-8-12(9-11-13)17(19)16-14-6-4-5-7-15(14)16/h8-11,14-17H,4-7H2,1-3H3. The third-order valence-corrected chi connectivity index (χ3v) is 5.70. The van der Waals surface area contributed by atoms with Crippen molar-refractivity contribution < 1.29 is 0 Å². The number of benzene rings is 1. The van der Waals surface area contributed by atoms with E-state index in [0.717, 1.165) is 17.8 Å². The summed E-state index contributed by atoms with van der Waals surface area (Å²) in [7, 11) is 0. The number of alkyl halides is 1. The third kappa shape index (κ3) is 2.57. The highest BCUT2D eigenvalue weighted by molar-refractivity contribution is 6.21. The summed E-state index contributed by atoms with van der Waals surface area (Å²) in [6, 6.07) is 9.03. The molecule has 0 aliphatic heterocycles. The first-order valence-corrected chi connectivity index (χ1v) is 8.16. The Labute approximate surface area is 122 Å². The molecule has 0 nitrogen and oxygen atoms in total. The summed E-state index contributed by atoms with van der Waals surface area (Å²) in [5.74, 6) is 2.61. The number of hydrogen-bond donors (Lipinski definition) is 0. The van der Waals surface area contributed by atoms with Crippen LogP contribution in [0.5, 0.6) is 0 Å². The van der Waals surface area contributed by atoms with Gasteiger partial charge in [0.15, 0.2) is 0 Å². The fourth-order valence-corrected chi connectivity index (χ4v) is 4.39. The molecular weight excluding hydrogens is 252 g/mol. The minimum atomic E-state index is 0.230. The molecule has 2 saturated carbocycles. The lowest BCUT2D eigenvalue weighted by Crippen LogP contribution is -2.11. The van der Waals surface area contributed by atoms with Crippen molar-refractivity contribution in [3.63, 3.8) is 0 Å². The minimum absolute atomic E-state index is 0.230. The van der Waals surface area contributed by atoms with Gasteiger partial charge in [-0.05, 0) is 47.1 Å². The molecule has 3 unspecified atom stereocenters. The van der Waals surface area contributed by atoms with Crippen molar-refractivity contribution >= 4 is 11.6 Å². The van der Waals surface area contributed by atoms with E-state index in [1.807, 2.05) is 0 Å². The normalized spacial score (nSPS) is 31.7. The van der Waals surface area contributed by atoms with Crippen molar-refractivity contribution in [3.05, 3.63) is 35.4 Å². The summed E-state index contributed by atoms with van der Waals surface area (Å²) in [5, 5.41) is 0.238. The zero-order chi connectivity index (χ0) is 13.6. The van der Waals surface area contributed by atoms with Crippen LogP contribution in [0, 0.1) is 17.8 Å². The van der Waals surface area contributed by atoms with Crippen LogP contribution in [0.1, 0.15) is 63.0 Å². The van der Waals surface area contributed by atoms with Crippen LogP contribution in [-0.4, -0.2) is 0 Å². The molecule has 0 radical (unpaired) electrons. The second kappa shape index (κ2) is 4.81. The molecule has 0 bridgehead atoms. The number of halogens is 1. The van der Waals surface area contributed by atoms with Crippen LogP contribution in [0.4, 0.5) is 0 Å². The van der Waals surface area contributed by atoms with Gasteiger partial charge in [0.25, 0.3) is 0 Å². The summed E-state index contributed by atoms with van der Waals surface area (Å²) in [6.07, 6.45) is 5.67. The number of fused-ring (bicyclic) bond motifs is 1. The highest BCUT2D eigenvalue weighted by Crippen LogP contribution is 2.62. The summed E-state index contributed by atoms with van der Waals surface area (Å²) >= 11 is 6.75. The van der Waals surface area contributed by atoms with Crippen LogP contribution < -0.4 is 0 Å². The Morgan fingerprint density at radius 3 is 2.00 bits per heavy atom. The van der Waals surface area contributed by atoms with Crippen molar-refractivity contribution in [1.82, 2.24) is 0 Å². The third-order valence-electron chi connectivity index (χ3n) is 5.16. The number of rotatable bonds is 2. The van der Waals surface area contributed by atoms with E-state index >= 15 is 0 Å². The first-order chi connectivity index (χ1) is 8.98. The molecule has 104 valence electrons. The zero-order valence-electron chi connectivity index (χ0n) is 12.3. The van der Waals surface area contributed by atoms with Gasteiger partial charge in [0.2, 0.25) is 0 Å². The van der Waals surface area contributed by atoms with Crippen molar-refractivity contribution in [1.29, 1.82) is 0 Å². The fourth-order valence-electron chi connectivity index (χ4n) is 3.87. The SMILES string of the molecule is CC(C)(C)c1ccc(C(Cl)C2C3CCCCC32)cc1. The number of hydrogen-bond acceptors (Lipinski definition) is 0. The highest BCUT2D eigenvalue weighted by Gasteiger charge is 2.53. The monoisotopic (exact) mass is 276 g/mol. The van der Waals surface area contributed by atoms with Gasteiger partial charge in [-0.15, -0.1) is 11.6 Å². The largest absolute Gasteiger partial charge is 0.117 e. The lowest BCUT2D eigenvalue weighted by atomic mass is 9.86. The molecule has 19 heavy (non-hydrogen) atoms. The van der Waals surface area contributed by atoms with E-state index in [0.29, 0.717) is 0 Å². The molecule has 1 aromatic carbocycles. The van der Waals surface area contributed by atoms with Crippen molar-refractivity contribution in [2.24, 2.45) is 17.8 Å². The average molecular weight is 277 g/mol. The van der Waals surface area contributed by atoms with Crippen LogP contribution >= 0.6 is 11.6 Å². The van der Waals surface area contributed by atoms with Crippen LogP contribution in [0.2, 0.25) is 0 Å². The fraction of sp³-hybridized carbons (Fsp3) is 0.667. The summed E-state index contributed by atoms with van der Waals surface area (Å²) in [6.45, 7) is 6.78. The first kappa shape index (κ1) is 13.5. The van der Waals surface area contributed by atoms with Gasteiger partial charge in [-0.2, -0.15) is 0 Å². The maximum Gasteiger partial charge on any atom is 0.0618 e. The molecule has 2 aliphatic carbocycles. The van der Waals surface area contributed by atoms with Crippen molar-refractivity contribution in [2.45, 2.75) is 57.2 Å². The van der Waals surface area contributed by atoms with E-state index in [2.05, 4.69) is 45.0 Å². The molecular formula is C18H25Cl. The van der Waals surface area contributed by atoms with Crippen LogP contribution in [-0.2, 0) is 5.41 Å². The predicted molar refractivity (Wildman–Crippen MR) is 82.7 cm³/mol. The summed E-state index contributed by atoms with van der Waals surface area (Å²) < 4.78 is 0. The maximum absolute atomic E-state index is 6.75. The molecule has 0 amide bonds. The topological polar surface area (TPSA) is 0 Å². The van der Waals surface area contributed by atoms with Gasteiger partial charge < -0.3 is 0 Å². The second-order valence-electron chi connectivity index (χ2n) is 7.46. The smallest absolute Gasteiger partial charge is 0.0618 e. The average Bonchev–Trinajstić information content (AvgIpc) is 3.11. The van der Waals surface area contributed by atoms with Gasteiger partial charge in [0, 0.05) is 0 Å². The molecule has 1 aromatic rings. The molecule has 3 rings (SSSR count). The van der Waals surface area contributed by atoms with E-state index in [-0.39, 0.29) is 10.8 Å². The predicted octanol–water partition coefficient (Wildman–Crippen LogP) is 5.70. The van der Waals surface area contributed by atoms with Crippen LogP contribution in [0.3, 0.4) is 0 Å². The highest BCUT2D eigenvalue weighted by atomic mass is 35.5. The Hall–Kier alpha value is -0.490. The molecule has 0 N–H and O–H groups in total. The summed E-state index contributed by atoms with van der Waals surface area (Å²) in [4.78, 5) is 0. The second-order valence-corrected chi connectivity index (χ2v) is 7.93. The molecule has 0 spiro atoms. The molecule has 2 aliphatic rings. The van der Waals surface area contributed by atoms with Gasteiger partial charge >= 0.3 is 0 Å². The van der Waals surface area contributed by atoms with E-state index in [4.69, 9.17) is 11.6 Å². The van der Waals surface area contributed by atoms with E-state index in [1.54, 1.807) is 0 Å². The quantitative estimate of drug-likeness (QED) is 0.608. The van der Waals surface area contributed by atoms with Gasteiger partial charge in [-0.3, -0.25) is 0 Å². The lowest BCUT2D eigenvalue weighted by molar-refractivity contribution is 0.480. The molecule has 0 heterocycles. The van der Waals surface area contributed by atoms with E-state index in [1.165, 1.54) is 36.8 Å². The van der Waals surface area contributed by atoms with E-state index in [9.17, 15) is 0 Å². The van der Waals surface area contributed by atoms with Crippen LogP contribution in [0.25, 0.3) is 0 Å². The Kier molecular flexibility index (Phi) is 3.41. The minimum Gasteiger partial charge on any atom is -0.117 e. The van der Waals surface area contributed by atoms with Crippen molar-refractivity contribution in [2.75, 3.05) is 0 Å². The molecule has 0 aromatic heterocycles. The first-order valence-electron chi connectivity index (χ1n) is 7.73. The Morgan fingerprint density at radius 2 is 1.53 bits per heavy atom.